The smallest absolute Gasteiger partial charge is 0.165 e. The molecule has 4 aromatic rings. The van der Waals surface area contributed by atoms with Crippen LogP contribution in [0, 0.1) is 6.92 Å². The van der Waals surface area contributed by atoms with Crippen LogP contribution >= 0.6 is 11.6 Å². The summed E-state index contributed by atoms with van der Waals surface area (Å²) in [7, 11) is 0. The summed E-state index contributed by atoms with van der Waals surface area (Å²) in [5, 5.41) is 4.12. The van der Waals surface area contributed by atoms with Crippen molar-refractivity contribution in [2.45, 2.75) is 39.2 Å². The van der Waals surface area contributed by atoms with Gasteiger partial charge in [0.2, 0.25) is 0 Å². The molecule has 0 bridgehead atoms. The van der Waals surface area contributed by atoms with Crippen molar-refractivity contribution in [1.29, 1.82) is 0 Å². The Kier molecular flexibility index (Phi) is 7.33. The van der Waals surface area contributed by atoms with Gasteiger partial charge in [-0.2, -0.15) is 0 Å². The highest BCUT2D eigenvalue weighted by Gasteiger charge is 2.23. The SMILES string of the molecule is CCc1cccc(OC2CCN(c3cc(Nc4ccc(C)c(Cl)c4)nc(-c4cccnc4)n3)CC2)c1. The minimum atomic E-state index is 0.195. The molecule has 1 fully saturated rings. The van der Waals surface area contributed by atoms with Gasteiger partial charge in [0.05, 0.1) is 0 Å². The van der Waals surface area contributed by atoms with E-state index in [2.05, 4.69) is 40.3 Å². The number of pyridine rings is 1. The van der Waals surface area contributed by atoms with Crippen LogP contribution in [-0.4, -0.2) is 34.1 Å². The molecule has 0 unspecified atom stereocenters. The summed E-state index contributed by atoms with van der Waals surface area (Å²) in [4.78, 5) is 16.2. The van der Waals surface area contributed by atoms with Gasteiger partial charge in [0.1, 0.15) is 23.5 Å². The fourth-order valence-corrected chi connectivity index (χ4v) is 4.52. The van der Waals surface area contributed by atoms with Crippen LogP contribution in [0.4, 0.5) is 17.3 Å². The van der Waals surface area contributed by atoms with Crippen molar-refractivity contribution in [3.05, 3.63) is 89.2 Å². The summed E-state index contributed by atoms with van der Waals surface area (Å²) in [6.07, 6.45) is 6.60. The van der Waals surface area contributed by atoms with E-state index in [1.807, 2.05) is 49.4 Å². The molecule has 2 aromatic carbocycles. The predicted octanol–water partition coefficient (Wildman–Crippen LogP) is 6.85. The van der Waals surface area contributed by atoms with Gasteiger partial charge in [0.15, 0.2) is 5.82 Å². The van der Waals surface area contributed by atoms with E-state index in [4.69, 9.17) is 26.3 Å². The maximum Gasteiger partial charge on any atom is 0.165 e. The summed E-state index contributed by atoms with van der Waals surface area (Å²) in [6.45, 7) is 5.87. The Morgan fingerprint density at radius 1 is 1.03 bits per heavy atom. The number of piperidine rings is 1. The van der Waals surface area contributed by atoms with Crippen LogP contribution in [-0.2, 0) is 6.42 Å². The second kappa shape index (κ2) is 11.0. The second-order valence-corrected chi connectivity index (χ2v) is 9.48. The van der Waals surface area contributed by atoms with Gasteiger partial charge in [-0.15, -0.1) is 0 Å². The van der Waals surface area contributed by atoms with Crippen molar-refractivity contribution in [2.75, 3.05) is 23.3 Å². The molecule has 6 nitrogen and oxygen atoms in total. The minimum Gasteiger partial charge on any atom is -0.490 e. The first kappa shape index (κ1) is 24.1. The monoisotopic (exact) mass is 499 g/mol. The molecule has 36 heavy (non-hydrogen) atoms. The summed E-state index contributed by atoms with van der Waals surface area (Å²) in [5.41, 5.74) is 4.09. The summed E-state index contributed by atoms with van der Waals surface area (Å²) in [6, 6.07) is 20.2. The molecular weight excluding hydrogens is 470 g/mol. The molecule has 184 valence electrons. The van der Waals surface area contributed by atoms with Gasteiger partial charge >= 0.3 is 0 Å². The average Bonchev–Trinajstić information content (AvgIpc) is 2.92. The predicted molar refractivity (Wildman–Crippen MR) is 146 cm³/mol. The molecule has 0 radical (unpaired) electrons. The number of anilines is 3. The van der Waals surface area contributed by atoms with Crippen molar-refractivity contribution in [3.8, 4) is 17.1 Å². The third-order valence-electron chi connectivity index (χ3n) is 6.45. The van der Waals surface area contributed by atoms with E-state index in [1.54, 1.807) is 12.4 Å². The zero-order valence-corrected chi connectivity index (χ0v) is 21.4. The maximum atomic E-state index is 6.35. The Morgan fingerprint density at radius 2 is 1.89 bits per heavy atom. The zero-order valence-electron chi connectivity index (χ0n) is 20.6. The van der Waals surface area contributed by atoms with Crippen LogP contribution in [0.2, 0.25) is 5.02 Å². The fourth-order valence-electron chi connectivity index (χ4n) is 4.34. The largest absolute Gasteiger partial charge is 0.490 e. The van der Waals surface area contributed by atoms with Crippen molar-refractivity contribution >= 4 is 28.9 Å². The lowest BCUT2D eigenvalue weighted by Gasteiger charge is -2.33. The van der Waals surface area contributed by atoms with E-state index in [9.17, 15) is 0 Å². The molecule has 0 atom stereocenters. The molecule has 0 spiro atoms. The third-order valence-corrected chi connectivity index (χ3v) is 6.86. The Morgan fingerprint density at radius 3 is 2.64 bits per heavy atom. The van der Waals surface area contributed by atoms with Crippen LogP contribution in [0.3, 0.4) is 0 Å². The van der Waals surface area contributed by atoms with Gasteiger partial charge in [0.25, 0.3) is 0 Å². The van der Waals surface area contributed by atoms with E-state index in [0.717, 1.165) is 60.7 Å². The standard InChI is InChI=1S/C29H30ClN5O/c1-3-21-6-4-8-25(16-21)36-24-11-14-35(15-12-24)28-18-27(32-23-10-9-20(2)26(30)17-23)33-29(34-28)22-7-5-13-31-19-22/h4-10,13,16-19,24H,3,11-12,14-15H2,1-2H3,(H,32,33,34). The Balaban J connectivity index is 1.35. The number of nitrogens with zero attached hydrogens (tertiary/aromatic N) is 4. The number of aryl methyl sites for hydroxylation is 2. The van der Waals surface area contributed by atoms with Gasteiger partial charge in [-0.3, -0.25) is 4.98 Å². The summed E-state index contributed by atoms with van der Waals surface area (Å²) < 4.78 is 6.31. The van der Waals surface area contributed by atoms with Crippen LogP contribution < -0.4 is 15.0 Å². The van der Waals surface area contributed by atoms with E-state index >= 15 is 0 Å². The number of ether oxygens (including phenoxy) is 1. The average molecular weight is 500 g/mol. The Bertz CT molecular complexity index is 1320. The molecular formula is C29H30ClN5O. The fraction of sp³-hybridized carbons (Fsp3) is 0.276. The molecule has 1 aliphatic heterocycles. The highest BCUT2D eigenvalue weighted by atomic mass is 35.5. The molecule has 0 aliphatic carbocycles. The number of hydrogen-bond acceptors (Lipinski definition) is 6. The Hall–Kier alpha value is -3.64. The van der Waals surface area contributed by atoms with Gasteiger partial charge in [-0.25, -0.2) is 9.97 Å². The van der Waals surface area contributed by atoms with Gasteiger partial charge in [-0.1, -0.05) is 36.7 Å². The van der Waals surface area contributed by atoms with E-state index in [0.29, 0.717) is 16.7 Å². The number of halogens is 1. The molecule has 5 rings (SSSR count). The molecule has 3 heterocycles. The lowest BCUT2D eigenvalue weighted by atomic mass is 10.1. The second-order valence-electron chi connectivity index (χ2n) is 9.07. The number of hydrogen-bond donors (Lipinski definition) is 1. The normalized spacial score (nSPS) is 14.0. The summed E-state index contributed by atoms with van der Waals surface area (Å²) >= 11 is 6.35. The van der Waals surface area contributed by atoms with E-state index in [-0.39, 0.29) is 6.10 Å². The van der Waals surface area contributed by atoms with Gasteiger partial charge in [0, 0.05) is 60.7 Å². The molecule has 0 saturated carbocycles. The van der Waals surface area contributed by atoms with Gasteiger partial charge < -0.3 is 15.0 Å². The van der Waals surface area contributed by atoms with Crippen LogP contribution in [0.15, 0.2) is 73.1 Å². The first-order valence-electron chi connectivity index (χ1n) is 12.4. The number of aromatic nitrogens is 3. The first-order valence-corrected chi connectivity index (χ1v) is 12.8. The highest BCUT2D eigenvalue weighted by Crippen LogP contribution is 2.29. The third kappa shape index (κ3) is 5.77. The van der Waals surface area contributed by atoms with Crippen LogP contribution in [0.25, 0.3) is 11.4 Å². The van der Waals surface area contributed by atoms with E-state index in [1.165, 1.54) is 5.56 Å². The quantitative estimate of drug-likeness (QED) is 0.300. The number of rotatable bonds is 7. The van der Waals surface area contributed by atoms with Crippen molar-refractivity contribution < 1.29 is 4.74 Å². The lowest BCUT2D eigenvalue weighted by Crippen LogP contribution is -2.38. The van der Waals surface area contributed by atoms with Crippen molar-refractivity contribution in [2.24, 2.45) is 0 Å². The molecule has 1 N–H and O–H groups in total. The maximum absolute atomic E-state index is 6.35. The van der Waals surface area contributed by atoms with Crippen molar-refractivity contribution in [3.63, 3.8) is 0 Å². The zero-order chi connectivity index (χ0) is 24.9. The highest BCUT2D eigenvalue weighted by molar-refractivity contribution is 6.31. The number of benzene rings is 2. The van der Waals surface area contributed by atoms with E-state index < -0.39 is 0 Å². The minimum absolute atomic E-state index is 0.195. The molecule has 1 saturated heterocycles. The summed E-state index contributed by atoms with van der Waals surface area (Å²) in [5.74, 6) is 3.19. The lowest BCUT2D eigenvalue weighted by molar-refractivity contribution is 0.170. The molecule has 2 aromatic heterocycles. The van der Waals surface area contributed by atoms with Gasteiger partial charge in [-0.05, 0) is 60.9 Å². The molecule has 0 amide bonds. The Labute approximate surface area is 217 Å². The first-order chi connectivity index (χ1) is 17.6. The van der Waals surface area contributed by atoms with Crippen LogP contribution in [0.5, 0.6) is 5.75 Å². The molecule has 7 heteroatoms. The number of nitrogens with one attached hydrogen (secondary N) is 1. The van der Waals surface area contributed by atoms with Crippen molar-refractivity contribution in [1.82, 2.24) is 15.0 Å². The molecule has 1 aliphatic rings. The topological polar surface area (TPSA) is 63.2 Å². The van der Waals surface area contributed by atoms with Crippen LogP contribution in [0.1, 0.15) is 30.9 Å².